The Morgan fingerprint density at radius 2 is 1.82 bits per heavy atom. The molecule has 1 heterocycles. The van der Waals surface area contributed by atoms with Crippen molar-refractivity contribution in [2.75, 3.05) is 0 Å². The van der Waals surface area contributed by atoms with Gasteiger partial charge in [0.25, 0.3) is 0 Å². The molecule has 2 aliphatic carbocycles. The van der Waals surface area contributed by atoms with Crippen LogP contribution in [0.15, 0.2) is 66.7 Å². The van der Waals surface area contributed by atoms with Crippen molar-refractivity contribution in [1.82, 2.24) is 9.55 Å². The second kappa shape index (κ2) is 7.90. The molecule has 162 valence electrons. The van der Waals surface area contributed by atoms with Crippen molar-refractivity contribution in [2.24, 2.45) is 0 Å². The molecule has 6 rings (SSSR count). The van der Waals surface area contributed by atoms with Gasteiger partial charge in [-0.3, -0.25) is 0 Å². The number of allylic oxidation sites excluding steroid dienone is 1. The van der Waals surface area contributed by atoms with Gasteiger partial charge in [0.2, 0.25) is 0 Å². The second-order valence-corrected chi connectivity index (χ2v) is 9.57. The van der Waals surface area contributed by atoms with Crippen molar-refractivity contribution in [2.45, 2.75) is 44.6 Å². The van der Waals surface area contributed by atoms with Gasteiger partial charge in [-0.25, -0.2) is 4.98 Å². The van der Waals surface area contributed by atoms with Crippen molar-refractivity contribution in [1.29, 1.82) is 5.26 Å². The molecule has 1 atom stereocenters. The summed E-state index contributed by atoms with van der Waals surface area (Å²) in [5, 5.41) is 10.2. The zero-order chi connectivity index (χ0) is 22.5. The Bertz CT molecular complexity index is 1470. The smallest absolute Gasteiger partial charge is 0.113 e. The Hall–Kier alpha value is -3.35. The third kappa shape index (κ3) is 3.37. The first-order valence-corrected chi connectivity index (χ1v) is 12.0. The van der Waals surface area contributed by atoms with Gasteiger partial charge in [-0.2, -0.15) is 5.26 Å². The highest BCUT2D eigenvalue weighted by Gasteiger charge is 2.32. The molecule has 1 fully saturated rings. The van der Waals surface area contributed by atoms with E-state index < -0.39 is 0 Å². The van der Waals surface area contributed by atoms with E-state index in [9.17, 15) is 5.26 Å². The molecule has 0 saturated heterocycles. The van der Waals surface area contributed by atoms with E-state index in [4.69, 9.17) is 16.6 Å². The lowest BCUT2D eigenvalue weighted by atomic mass is 9.92. The summed E-state index contributed by atoms with van der Waals surface area (Å²) < 4.78 is 2.39. The maximum Gasteiger partial charge on any atom is 0.113 e. The molecule has 4 heteroatoms. The molecule has 33 heavy (non-hydrogen) atoms. The van der Waals surface area contributed by atoms with Gasteiger partial charge in [0.15, 0.2) is 0 Å². The fourth-order valence-corrected chi connectivity index (χ4v) is 5.48. The molecule has 4 aromatic rings. The van der Waals surface area contributed by atoms with E-state index in [1.165, 1.54) is 40.7 Å². The van der Waals surface area contributed by atoms with Gasteiger partial charge in [0, 0.05) is 12.0 Å². The van der Waals surface area contributed by atoms with Crippen LogP contribution in [0.3, 0.4) is 0 Å². The quantitative estimate of drug-likeness (QED) is 0.309. The summed E-state index contributed by atoms with van der Waals surface area (Å²) in [7, 11) is 0. The van der Waals surface area contributed by atoms with Crippen molar-refractivity contribution >= 4 is 28.2 Å². The molecule has 0 aliphatic heterocycles. The first kappa shape index (κ1) is 20.3. The number of nitrogens with zero attached hydrogens (tertiary/aromatic N) is 3. The normalized spacial score (nSPS) is 17.3. The van der Waals surface area contributed by atoms with Crippen LogP contribution in [-0.4, -0.2) is 9.55 Å². The molecule has 0 spiro atoms. The second-order valence-electron chi connectivity index (χ2n) is 9.16. The highest BCUT2D eigenvalue weighted by atomic mass is 35.5. The topological polar surface area (TPSA) is 41.6 Å². The Morgan fingerprint density at radius 1 is 1.03 bits per heavy atom. The molecule has 2 aliphatic rings. The van der Waals surface area contributed by atoms with Crippen LogP contribution in [0.25, 0.3) is 16.6 Å². The van der Waals surface area contributed by atoms with E-state index in [0.717, 1.165) is 35.3 Å². The molecule has 0 radical (unpaired) electrons. The van der Waals surface area contributed by atoms with Crippen LogP contribution in [0.2, 0.25) is 5.02 Å². The maximum absolute atomic E-state index is 9.49. The molecule has 0 bridgehead atoms. The summed E-state index contributed by atoms with van der Waals surface area (Å²) in [4.78, 5) is 4.97. The highest BCUT2D eigenvalue weighted by molar-refractivity contribution is 6.34. The Kier molecular flexibility index (Phi) is 4.85. The van der Waals surface area contributed by atoms with Crippen LogP contribution in [0.4, 0.5) is 0 Å². The summed E-state index contributed by atoms with van der Waals surface area (Å²) in [6.45, 7) is 2.26. The molecule has 0 N–H and O–H groups in total. The van der Waals surface area contributed by atoms with Gasteiger partial charge in [-0.05, 0) is 78.1 Å². The van der Waals surface area contributed by atoms with Crippen molar-refractivity contribution in [3.05, 3.63) is 105 Å². The van der Waals surface area contributed by atoms with Crippen LogP contribution in [0.5, 0.6) is 0 Å². The molecule has 1 saturated carbocycles. The van der Waals surface area contributed by atoms with Gasteiger partial charge in [0.05, 0.1) is 22.7 Å². The van der Waals surface area contributed by atoms with Gasteiger partial charge in [-0.1, -0.05) is 60.1 Å². The summed E-state index contributed by atoms with van der Waals surface area (Å²) in [5.41, 5.74) is 9.23. The average molecular weight is 450 g/mol. The minimum Gasteiger partial charge on any atom is -0.320 e. The first-order chi connectivity index (χ1) is 16.2. The number of imidazole rings is 1. The number of nitriles is 1. The van der Waals surface area contributed by atoms with E-state index >= 15 is 0 Å². The lowest BCUT2D eigenvalue weighted by Crippen LogP contribution is -2.11. The molecular weight excluding hydrogens is 426 g/mol. The van der Waals surface area contributed by atoms with E-state index in [0.29, 0.717) is 10.9 Å². The number of aromatic nitrogens is 2. The standard InChI is InChI=1S/C29H24ClN3/c1-18(33-27-8-4-7-26(30)28(27)32-29(33)20-10-11-20)21-13-14-24-22(17-21)12-9-19-5-2-3-6-23(19)25(24)15-16-31/h2-8,13-15,17-18,20H,9-12H2,1H3. The molecule has 1 unspecified atom stereocenters. The zero-order valence-electron chi connectivity index (χ0n) is 18.6. The zero-order valence-corrected chi connectivity index (χ0v) is 19.3. The van der Waals surface area contributed by atoms with Crippen LogP contribution in [-0.2, 0) is 12.8 Å². The summed E-state index contributed by atoms with van der Waals surface area (Å²) in [5.74, 6) is 1.68. The maximum atomic E-state index is 9.49. The average Bonchev–Trinajstić information content (AvgIpc) is 3.63. The lowest BCUT2D eigenvalue weighted by Gasteiger charge is -2.20. The first-order valence-electron chi connectivity index (χ1n) is 11.6. The van der Waals surface area contributed by atoms with E-state index in [1.807, 2.05) is 12.1 Å². The minimum atomic E-state index is 0.142. The van der Waals surface area contributed by atoms with Gasteiger partial charge in [-0.15, -0.1) is 0 Å². The Balaban J connectivity index is 1.47. The van der Waals surface area contributed by atoms with Crippen molar-refractivity contribution in [3.8, 4) is 6.07 Å². The van der Waals surface area contributed by atoms with Crippen LogP contribution < -0.4 is 0 Å². The summed E-state index contributed by atoms with van der Waals surface area (Å²) in [6, 6.07) is 23.7. The minimum absolute atomic E-state index is 0.142. The fourth-order valence-electron chi connectivity index (χ4n) is 5.27. The Morgan fingerprint density at radius 3 is 2.64 bits per heavy atom. The monoisotopic (exact) mass is 449 g/mol. The largest absolute Gasteiger partial charge is 0.320 e. The summed E-state index contributed by atoms with van der Waals surface area (Å²) >= 11 is 6.51. The van der Waals surface area contributed by atoms with Crippen molar-refractivity contribution < 1.29 is 0 Å². The van der Waals surface area contributed by atoms with Crippen LogP contribution >= 0.6 is 11.6 Å². The number of benzene rings is 3. The molecule has 0 amide bonds. The third-order valence-electron chi connectivity index (χ3n) is 7.11. The molecule has 3 aromatic carbocycles. The van der Waals surface area contributed by atoms with Crippen molar-refractivity contribution in [3.63, 3.8) is 0 Å². The van der Waals surface area contributed by atoms with Gasteiger partial charge in [0.1, 0.15) is 11.3 Å². The summed E-state index contributed by atoms with van der Waals surface area (Å²) in [6.07, 6.45) is 6.02. The number of para-hydroxylation sites is 1. The Labute approximate surface area is 199 Å². The number of rotatable bonds is 3. The highest BCUT2D eigenvalue weighted by Crippen LogP contribution is 2.44. The third-order valence-corrected chi connectivity index (χ3v) is 7.41. The number of fused-ring (bicyclic) bond motifs is 3. The number of hydrogen-bond acceptors (Lipinski definition) is 2. The number of aryl methyl sites for hydroxylation is 2. The van der Waals surface area contributed by atoms with E-state index in [1.54, 1.807) is 6.08 Å². The fraction of sp³-hybridized carbons (Fsp3) is 0.241. The molecular formula is C29H24ClN3. The van der Waals surface area contributed by atoms with E-state index in [2.05, 4.69) is 66.1 Å². The van der Waals surface area contributed by atoms with Gasteiger partial charge >= 0.3 is 0 Å². The predicted octanol–water partition coefficient (Wildman–Crippen LogP) is 7.23. The lowest BCUT2D eigenvalue weighted by molar-refractivity contribution is 0.619. The molecule has 3 nitrogen and oxygen atoms in total. The van der Waals surface area contributed by atoms with E-state index in [-0.39, 0.29) is 6.04 Å². The number of hydrogen-bond donors (Lipinski definition) is 0. The predicted molar refractivity (Wildman–Crippen MR) is 134 cm³/mol. The van der Waals surface area contributed by atoms with Crippen LogP contribution in [0.1, 0.15) is 65.4 Å². The SMILES string of the molecule is CC(c1ccc2c(c1)CCc1ccccc1C2=CC#N)n1c(C2CC2)nc2c(Cl)cccc21. The number of halogens is 1. The van der Waals surface area contributed by atoms with Gasteiger partial charge < -0.3 is 4.57 Å². The molecule has 1 aromatic heterocycles. The van der Waals surface area contributed by atoms with Crippen LogP contribution in [0, 0.1) is 11.3 Å².